The van der Waals surface area contributed by atoms with Crippen LogP contribution in [0.4, 0.5) is 0 Å². The second-order valence-electron chi connectivity index (χ2n) is 4.09. The highest BCUT2D eigenvalue weighted by Crippen LogP contribution is 2.04. The fourth-order valence-corrected chi connectivity index (χ4v) is 1.65. The lowest BCUT2D eigenvalue weighted by Gasteiger charge is -2.20. The number of hydrogen-bond donors (Lipinski definition) is 1. The Hall–Kier alpha value is -1.35. The number of nitrogens with two attached hydrogens (primary N) is 1. The maximum atomic E-state index is 10.4. The van der Waals surface area contributed by atoms with Gasteiger partial charge in [0.15, 0.2) is 0 Å². The van der Waals surface area contributed by atoms with Crippen molar-refractivity contribution >= 4 is 5.91 Å². The van der Waals surface area contributed by atoms with E-state index in [9.17, 15) is 4.79 Å². The lowest BCUT2D eigenvalue weighted by Crippen LogP contribution is -2.24. The summed E-state index contributed by atoms with van der Waals surface area (Å²) in [5.41, 5.74) is 5.53. The smallest absolute Gasteiger partial charge is 0.248 e. The number of piperidine rings is 1. The number of rotatable bonds is 1. The van der Waals surface area contributed by atoms with E-state index >= 15 is 0 Å². The first kappa shape index (κ1) is 12.7. The van der Waals surface area contributed by atoms with Crippen LogP contribution < -0.4 is 5.73 Å². The van der Waals surface area contributed by atoms with Crippen LogP contribution in [-0.2, 0) is 0 Å². The molecule has 0 saturated carbocycles. The number of amides is 1. The minimum Gasteiger partial charge on any atom is -0.366 e. The average Bonchev–Trinajstić information content (AvgIpc) is 2.32. The van der Waals surface area contributed by atoms with Crippen molar-refractivity contribution in [2.75, 3.05) is 20.1 Å². The van der Waals surface area contributed by atoms with Gasteiger partial charge in [0.2, 0.25) is 5.91 Å². The number of carbonyl (C=O) groups is 1. The average molecular weight is 220 g/mol. The molecule has 1 fully saturated rings. The number of likely N-dealkylation sites (tertiary alicyclic amines) is 1. The molecule has 0 aliphatic carbocycles. The molecule has 16 heavy (non-hydrogen) atoms. The Bertz CT molecular complexity index is 305. The summed E-state index contributed by atoms with van der Waals surface area (Å²) < 4.78 is 0. The van der Waals surface area contributed by atoms with Crippen LogP contribution in [0.5, 0.6) is 0 Å². The van der Waals surface area contributed by atoms with Gasteiger partial charge in [0.05, 0.1) is 0 Å². The molecule has 0 aromatic heterocycles. The predicted molar refractivity (Wildman–Crippen MR) is 66.3 cm³/mol. The molecule has 1 aromatic rings. The van der Waals surface area contributed by atoms with E-state index in [1.807, 2.05) is 6.07 Å². The van der Waals surface area contributed by atoms with E-state index in [1.54, 1.807) is 24.3 Å². The van der Waals surface area contributed by atoms with E-state index in [1.165, 1.54) is 32.4 Å². The monoisotopic (exact) mass is 220 g/mol. The zero-order valence-electron chi connectivity index (χ0n) is 9.86. The molecule has 1 aromatic carbocycles. The number of benzene rings is 1. The van der Waals surface area contributed by atoms with Gasteiger partial charge in [0.25, 0.3) is 0 Å². The van der Waals surface area contributed by atoms with Crippen molar-refractivity contribution in [3.05, 3.63) is 35.9 Å². The highest BCUT2D eigenvalue weighted by atomic mass is 16.1. The fraction of sp³-hybridized carbons (Fsp3) is 0.462. The second-order valence-corrected chi connectivity index (χ2v) is 4.09. The molecule has 1 saturated heterocycles. The first-order chi connectivity index (χ1) is 7.70. The van der Waals surface area contributed by atoms with Crippen LogP contribution in [0.25, 0.3) is 0 Å². The Morgan fingerprint density at radius 1 is 1.12 bits per heavy atom. The van der Waals surface area contributed by atoms with Crippen molar-refractivity contribution < 1.29 is 4.79 Å². The van der Waals surface area contributed by atoms with E-state index in [-0.39, 0.29) is 5.91 Å². The van der Waals surface area contributed by atoms with Gasteiger partial charge in [-0.1, -0.05) is 24.6 Å². The van der Waals surface area contributed by atoms with Crippen molar-refractivity contribution in [1.82, 2.24) is 4.90 Å². The quantitative estimate of drug-likeness (QED) is 0.785. The fourth-order valence-electron chi connectivity index (χ4n) is 1.65. The standard InChI is InChI=1S/C7H7NO.C6H13N/c8-7(9)6-4-2-1-3-5-6;1-7-5-3-2-4-6-7/h1-5H,(H2,8,9);2-6H2,1H3. The van der Waals surface area contributed by atoms with Gasteiger partial charge in [-0.15, -0.1) is 0 Å². The Labute approximate surface area is 97.2 Å². The van der Waals surface area contributed by atoms with Crippen molar-refractivity contribution in [2.24, 2.45) is 5.73 Å². The van der Waals surface area contributed by atoms with Gasteiger partial charge >= 0.3 is 0 Å². The molecule has 3 nitrogen and oxygen atoms in total. The zero-order chi connectivity index (χ0) is 11.8. The van der Waals surface area contributed by atoms with E-state index in [0.29, 0.717) is 5.56 Å². The van der Waals surface area contributed by atoms with Gasteiger partial charge < -0.3 is 10.6 Å². The summed E-state index contributed by atoms with van der Waals surface area (Å²) >= 11 is 0. The second kappa shape index (κ2) is 7.01. The summed E-state index contributed by atoms with van der Waals surface area (Å²) in [6.07, 6.45) is 4.28. The molecule has 1 aliphatic rings. The minimum atomic E-state index is -0.379. The Kier molecular flexibility index (Phi) is 5.57. The molecule has 1 amide bonds. The molecule has 88 valence electrons. The molecule has 1 heterocycles. The lowest BCUT2D eigenvalue weighted by molar-refractivity contribution is 0.100. The van der Waals surface area contributed by atoms with Crippen LogP contribution in [0.15, 0.2) is 30.3 Å². The van der Waals surface area contributed by atoms with Crippen LogP contribution in [-0.4, -0.2) is 30.9 Å². The maximum absolute atomic E-state index is 10.4. The minimum absolute atomic E-state index is 0.379. The molecule has 2 rings (SSSR count). The summed E-state index contributed by atoms with van der Waals surface area (Å²) in [5.74, 6) is -0.379. The van der Waals surface area contributed by atoms with Crippen molar-refractivity contribution in [1.29, 1.82) is 0 Å². The van der Waals surface area contributed by atoms with Crippen LogP contribution >= 0.6 is 0 Å². The molecule has 0 spiro atoms. The third-order valence-electron chi connectivity index (χ3n) is 2.64. The van der Waals surface area contributed by atoms with Crippen molar-refractivity contribution in [3.63, 3.8) is 0 Å². The lowest BCUT2D eigenvalue weighted by atomic mass is 10.1. The number of primary amides is 1. The molecule has 3 heteroatoms. The third kappa shape index (κ3) is 4.94. The van der Waals surface area contributed by atoms with Crippen molar-refractivity contribution in [3.8, 4) is 0 Å². The van der Waals surface area contributed by atoms with Gasteiger partial charge in [0, 0.05) is 5.56 Å². The molecule has 0 unspecified atom stereocenters. The van der Waals surface area contributed by atoms with Gasteiger partial charge in [-0.25, -0.2) is 0 Å². The molecule has 0 bridgehead atoms. The van der Waals surface area contributed by atoms with Gasteiger partial charge in [-0.3, -0.25) is 4.79 Å². The molecular weight excluding hydrogens is 200 g/mol. The van der Waals surface area contributed by atoms with Gasteiger partial charge in [0.1, 0.15) is 0 Å². The highest BCUT2D eigenvalue weighted by Gasteiger charge is 2.02. The van der Waals surface area contributed by atoms with E-state index in [4.69, 9.17) is 5.73 Å². The maximum Gasteiger partial charge on any atom is 0.248 e. The highest BCUT2D eigenvalue weighted by molar-refractivity contribution is 5.92. The van der Waals surface area contributed by atoms with Crippen molar-refractivity contribution in [2.45, 2.75) is 19.3 Å². The number of nitrogens with zero attached hydrogens (tertiary/aromatic N) is 1. The topological polar surface area (TPSA) is 46.3 Å². The predicted octanol–water partition coefficient (Wildman–Crippen LogP) is 1.89. The molecule has 0 radical (unpaired) electrons. The Balaban J connectivity index is 0.000000165. The zero-order valence-corrected chi connectivity index (χ0v) is 9.86. The Morgan fingerprint density at radius 2 is 1.69 bits per heavy atom. The Morgan fingerprint density at radius 3 is 2.00 bits per heavy atom. The van der Waals surface area contributed by atoms with Gasteiger partial charge in [-0.05, 0) is 45.1 Å². The molecule has 2 N–H and O–H groups in total. The molecule has 1 aliphatic heterocycles. The van der Waals surface area contributed by atoms with Crippen LogP contribution in [0.2, 0.25) is 0 Å². The summed E-state index contributed by atoms with van der Waals surface area (Å²) in [6, 6.07) is 8.76. The SMILES string of the molecule is CN1CCCCC1.NC(=O)c1ccccc1. The molecule has 0 atom stereocenters. The summed E-state index contributed by atoms with van der Waals surface area (Å²) in [6.45, 7) is 2.64. The third-order valence-corrected chi connectivity index (χ3v) is 2.64. The number of hydrogen-bond acceptors (Lipinski definition) is 2. The normalized spacial score (nSPS) is 16.1. The first-order valence-electron chi connectivity index (χ1n) is 5.73. The van der Waals surface area contributed by atoms with Crippen LogP contribution in [0, 0.1) is 0 Å². The summed E-state index contributed by atoms with van der Waals surface area (Å²) in [4.78, 5) is 12.8. The van der Waals surface area contributed by atoms with E-state index in [2.05, 4.69) is 11.9 Å². The van der Waals surface area contributed by atoms with E-state index in [0.717, 1.165) is 0 Å². The summed E-state index contributed by atoms with van der Waals surface area (Å²) in [7, 11) is 2.19. The molecular formula is C13H20N2O. The number of carbonyl (C=O) groups excluding carboxylic acids is 1. The summed E-state index contributed by atoms with van der Waals surface area (Å²) in [5, 5.41) is 0. The van der Waals surface area contributed by atoms with E-state index < -0.39 is 0 Å². The first-order valence-corrected chi connectivity index (χ1v) is 5.73. The largest absolute Gasteiger partial charge is 0.366 e. The van der Waals surface area contributed by atoms with Crippen LogP contribution in [0.3, 0.4) is 0 Å². The van der Waals surface area contributed by atoms with Gasteiger partial charge in [-0.2, -0.15) is 0 Å². The van der Waals surface area contributed by atoms with Crippen LogP contribution in [0.1, 0.15) is 29.6 Å².